The molecule has 2 rings (SSSR count). The van der Waals surface area contributed by atoms with Crippen molar-refractivity contribution in [3.05, 3.63) is 41.2 Å². The topological polar surface area (TPSA) is 83.6 Å². The molecule has 7 heteroatoms. The third-order valence-electron chi connectivity index (χ3n) is 2.71. The van der Waals surface area contributed by atoms with Gasteiger partial charge >= 0.3 is 0 Å². The van der Waals surface area contributed by atoms with E-state index in [2.05, 4.69) is 51.1 Å². The van der Waals surface area contributed by atoms with Gasteiger partial charge in [-0.25, -0.2) is 0 Å². The van der Waals surface area contributed by atoms with E-state index in [0.717, 1.165) is 5.75 Å². The van der Waals surface area contributed by atoms with E-state index in [1.807, 2.05) is 13.0 Å². The van der Waals surface area contributed by atoms with E-state index in [4.69, 9.17) is 0 Å². The van der Waals surface area contributed by atoms with Gasteiger partial charge in [-0.1, -0.05) is 35.0 Å². The molecular formula is C13H17N5OS. The summed E-state index contributed by atoms with van der Waals surface area (Å²) >= 11 is 1.59. The van der Waals surface area contributed by atoms with Crippen LogP contribution in [0.15, 0.2) is 24.3 Å². The van der Waals surface area contributed by atoms with Crippen LogP contribution < -0.4 is 5.32 Å². The van der Waals surface area contributed by atoms with Crippen LogP contribution in [0.1, 0.15) is 29.9 Å². The van der Waals surface area contributed by atoms with Crippen LogP contribution in [0, 0.1) is 6.92 Å². The number of hydrogen-bond acceptors (Lipinski definition) is 5. The molecular weight excluding hydrogens is 274 g/mol. The average molecular weight is 291 g/mol. The Morgan fingerprint density at radius 1 is 1.50 bits per heavy atom. The van der Waals surface area contributed by atoms with Gasteiger partial charge in [-0.3, -0.25) is 4.79 Å². The summed E-state index contributed by atoms with van der Waals surface area (Å²) in [6, 6.07) is 8.06. The molecule has 0 radical (unpaired) electrons. The highest BCUT2D eigenvalue weighted by Crippen LogP contribution is 2.13. The molecule has 0 aliphatic carbocycles. The van der Waals surface area contributed by atoms with Gasteiger partial charge in [0.1, 0.15) is 0 Å². The first-order valence-corrected chi connectivity index (χ1v) is 7.46. The summed E-state index contributed by atoms with van der Waals surface area (Å²) in [7, 11) is 0. The summed E-state index contributed by atoms with van der Waals surface area (Å²) in [5, 5.41) is 16.3. The van der Waals surface area contributed by atoms with E-state index < -0.39 is 0 Å². The number of hydrogen-bond donors (Lipinski definition) is 2. The molecule has 1 amide bonds. The first-order chi connectivity index (χ1) is 9.65. The van der Waals surface area contributed by atoms with Crippen LogP contribution >= 0.6 is 11.8 Å². The fourth-order valence-corrected chi connectivity index (χ4v) is 2.55. The minimum Gasteiger partial charge on any atom is -0.345 e. The Balaban J connectivity index is 1.73. The zero-order chi connectivity index (χ0) is 14.4. The molecule has 6 nitrogen and oxygen atoms in total. The van der Waals surface area contributed by atoms with E-state index >= 15 is 0 Å². The van der Waals surface area contributed by atoms with Crippen molar-refractivity contribution in [2.45, 2.75) is 25.6 Å². The molecule has 1 heterocycles. The number of aryl methyl sites for hydroxylation is 1. The van der Waals surface area contributed by atoms with E-state index in [1.165, 1.54) is 11.1 Å². The molecule has 1 aromatic carbocycles. The lowest BCUT2D eigenvalue weighted by Crippen LogP contribution is -2.28. The maximum atomic E-state index is 11.8. The summed E-state index contributed by atoms with van der Waals surface area (Å²) in [5.74, 6) is 1.70. The van der Waals surface area contributed by atoms with Gasteiger partial charge in [0.05, 0.1) is 11.8 Å². The number of tetrazole rings is 1. The van der Waals surface area contributed by atoms with Crippen molar-refractivity contribution in [3.63, 3.8) is 0 Å². The predicted octanol–water partition coefficient (Wildman–Crippen LogP) is 1.62. The summed E-state index contributed by atoms with van der Waals surface area (Å²) < 4.78 is 0. The molecule has 0 aliphatic rings. The van der Waals surface area contributed by atoms with Gasteiger partial charge in [-0.15, -0.1) is 22.0 Å². The van der Waals surface area contributed by atoms with Gasteiger partial charge in [0.2, 0.25) is 5.91 Å². The SMILES string of the molecule is Cc1cccc(CSCC(=O)NC(C)c2nn[nH]n2)c1. The molecule has 0 spiro atoms. The number of aromatic amines is 1. The van der Waals surface area contributed by atoms with Crippen molar-refractivity contribution in [1.29, 1.82) is 0 Å². The van der Waals surface area contributed by atoms with E-state index in [0.29, 0.717) is 11.6 Å². The molecule has 106 valence electrons. The van der Waals surface area contributed by atoms with Crippen molar-refractivity contribution in [1.82, 2.24) is 25.9 Å². The second-order valence-corrected chi connectivity index (χ2v) is 5.53. The number of H-pyrrole nitrogens is 1. The summed E-state index contributed by atoms with van der Waals surface area (Å²) in [4.78, 5) is 11.8. The molecule has 1 unspecified atom stereocenters. The molecule has 0 aliphatic heterocycles. The van der Waals surface area contributed by atoms with Crippen molar-refractivity contribution >= 4 is 17.7 Å². The minimum atomic E-state index is -0.235. The first-order valence-electron chi connectivity index (χ1n) is 6.31. The third-order valence-corrected chi connectivity index (χ3v) is 3.71. The molecule has 0 fully saturated rings. The monoisotopic (exact) mass is 291 g/mol. The van der Waals surface area contributed by atoms with Gasteiger partial charge in [0, 0.05) is 5.75 Å². The molecule has 1 atom stereocenters. The van der Waals surface area contributed by atoms with Gasteiger partial charge in [-0.05, 0) is 19.4 Å². The normalized spacial score (nSPS) is 12.1. The number of rotatable bonds is 6. The van der Waals surface area contributed by atoms with Crippen molar-refractivity contribution in [2.75, 3.05) is 5.75 Å². The highest BCUT2D eigenvalue weighted by molar-refractivity contribution is 7.99. The van der Waals surface area contributed by atoms with Crippen molar-refractivity contribution in [2.24, 2.45) is 0 Å². The van der Waals surface area contributed by atoms with Crippen LogP contribution in [-0.2, 0) is 10.5 Å². The highest BCUT2D eigenvalue weighted by atomic mass is 32.2. The van der Waals surface area contributed by atoms with E-state index in [9.17, 15) is 4.79 Å². The van der Waals surface area contributed by atoms with Crippen LogP contribution in [0.25, 0.3) is 0 Å². The molecule has 20 heavy (non-hydrogen) atoms. The number of nitrogens with zero attached hydrogens (tertiary/aromatic N) is 3. The largest absolute Gasteiger partial charge is 0.345 e. The fraction of sp³-hybridized carbons (Fsp3) is 0.385. The summed E-state index contributed by atoms with van der Waals surface area (Å²) in [6.45, 7) is 3.89. The van der Waals surface area contributed by atoms with Gasteiger partial charge < -0.3 is 5.32 Å². The Kier molecular flexibility index (Phi) is 5.11. The standard InChI is InChI=1S/C13H17N5OS/c1-9-4-3-5-11(6-9)7-20-8-12(19)14-10(2)13-15-17-18-16-13/h3-6,10H,7-8H2,1-2H3,(H,14,19)(H,15,16,17,18). The molecule has 2 aromatic rings. The number of aromatic nitrogens is 4. The quantitative estimate of drug-likeness (QED) is 0.845. The van der Waals surface area contributed by atoms with Crippen molar-refractivity contribution in [3.8, 4) is 0 Å². The lowest BCUT2D eigenvalue weighted by molar-refractivity contribution is -0.119. The second kappa shape index (κ2) is 7.04. The number of benzene rings is 1. The zero-order valence-electron chi connectivity index (χ0n) is 11.5. The molecule has 2 N–H and O–H groups in total. The molecule has 0 bridgehead atoms. The molecule has 0 saturated heterocycles. The van der Waals surface area contributed by atoms with Crippen LogP contribution in [0.2, 0.25) is 0 Å². The van der Waals surface area contributed by atoms with Gasteiger partial charge in [0.25, 0.3) is 0 Å². The minimum absolute atomic E-state index is 0.0278. The Morgan fingerprint density at radius 3 is 3.05 bits per heavy atom. The van der Waals surface area contributed by atoms with Gasteiger partial charge in [0.15, 0.2) is 5.82 Å². The third kappa shape index (κ3) is 4.34. The predicted molar refractivity (Wildman–Crippen MR) is 78.1 cm³/mol. The van der Waals surface area contributed by atoms with E-state index in [-0.39, 0.29) is 11.9 Å². The van der Waals surface area contributed by atoms with Crippen molar-refractivity contribution < 1.29 is 4.79 Å². The number of carbonyl (C=O) groups is 1. The van der Waals surface area contributed by atoms with E-state index in [1.54, 1.807) is 11.8 Å². The number of thioether (sulfide) groups is 1. The Morgan fingerprint density at radius 2 is 2.35 bits per heavy atom. The highest BCUT2D eigenvalue weighted by Gasteiger charge is 2.13. The fourth-order valence-electron chi connectivity index (χ4n) is 1.76. The summed E-state index contributed by atoms with van der Waals surface area (Å²) in [6.07, 6.45) is 0. The lowest BCUT2D eigenvalue weighted by atomic mass is 10.2. The number of carbonyl (C=O) groups excluding carboxylic acids is 1. The maximum absolute atomic E-state index is 11.8. The number of nitrogens with one attached hydrogen (secondary N) is 2. The lowest BCUT2D eigenvalue weighted by Gasteiger charge is -2.09. The van der Waals surface area contributed by atoms with Crippen LogP contribution in [0.3, 0.4) is 0 Å². The maximum Gasteiger partial charge on any atom is 0.230 e. The van der Waals surface area contributed by atoms with Crippen LogP contribution in [0.5, 0.6) is 0 Å². The summed E-state index contributed by atoms with van der Waals surface area (Å²) in [5.41, 5.74) is 2.47. The first kappa shape index (κ1) is 14.5. The second-order valence-electron chi connectivity index (χ2n) is 4.54. The molecule has 1 aromatic heterocycles. The van der Waals surface area contributed by atoms with Crippen LogP contribution in [-0.4, -0.2) is 32.3 Å². The van der Waals surface area contributed by atoms with Crippen LogP contribution in [0.4, 0.5) is 0 Å². The van der Waals surface area contributed by atoms with Gasteiger partial charge in [-0.2, -0.15) is 5.21 Å². The Bertz CT molecular complexity index is 558. The zero-order valence-corrected chi connectivity index (χ0v) is 12.3. The smallest absolute Gasteiger partial charge is 0.230 e. The Labute approximate surface area is 121 Å². The average Bonchev–Trinajstić information content (AvgIpc) is 2.92. The molecule has 0 saturated carbocycles. The Hall–Kier alpha value is -1.89. The number of amides is 1.